The van der Waals surface area contributed by atoms with Crippen LogP contribution >= 0.6 is 23.2 Å². The lowest BCUT2D eigenvalue weighted by atomic mass is 10.3. The van der Waals surface area contributed by atoms with Gasteiger partial charge in [-0.1, -0.05) is 29.3 Å². The van der Waals surface area contributed by atoms with Crippen molar-refractivity contribution < 1.29 is 8.42 Å². The fourth-order valence-corrected chi connectivity index (χ4v) is 3.43. The largest absolute Gasteiger partial charge is 0.278 e. The number of aryl methyl sites for hydroxylation is 1. The molecule has 1 N–H and O–H groups in total. The smallest absolute Gasteiger partial charge is 0.265 e. The molecule has 1 heterocycles. The van der Waals surface area contributed by atoms with Gasteiger partial charge in [0.15, 0.2) is 0 Å². The van der Waals surface area contributed by atoms with Gasteiger partial charge in [-0.3, -0.25) is 9.40 Å². The highest BCUT2D eigenvalue weighted by Crippen LogP contribution is 2.31. The first kappa shape index (κ1) is 16.1. The van der Waals surface area contributed by atoms with E-state index in [-0.39, 0.29) is 26.7 Å². The van der Waals surface area contributed by atoms with Gasteiger partial charge in [0.1, 0.15) is 4.90 Å². The van der Waals surface area contributed by atoms with Gasteiger partial charge < -0.3 is 0 Å². The van der Waals surface area contributed by atoms with E-state index in [1.54, 1.807) is 29.8 Å². The molecule has 5 nitrogen and oxygen atoms in total. The van der Waals surface area contributed by atoms with Crippen LogP contribution in [0.2, 0.25) is 10.0 Å². The Balaban J connectivity index is 2.41. The second-order valence-corrected chi connectivity index (χ2v) is 7.30. The van der Waals surface area contributed by atoms with E-state index in [0.29, 0.717) is 5.69 Å². The summed E-state index contributed by atoms with van der Waals surface area (Å²) in [4.78, 5) is 0.118. The molecule has 1 aromatic carbocycles. The molecule has 2 rings (SSSR count). The van der Waals surface area contributed by atoms with Gasteiger partial charge in [0.2, 0.25) is 0 Å². The first-order valence-corrected chi connectivity index (χ1v) is 8.49. The molecule has 0 saturated heterocycles. The average Bonchev–Trinajstić information content (AvgIpc) is 2.78. The van der Waals surface area contributed by atoms with E-state index in [1.807, 2.05) is 13.8 Å². The number of aromatic nitrogens is 2. The molecular formula is C13H15Cl2N3O2S. The number of halogens is 2. The van der Waals surface area contributed by atoms with Gasteiger partial charge in [-0.05, 0) is 32.9 Å². The molecule has 0 bridgehead atoms. The number of benzene rings is 1. The van der Waals surface area contributed by atoms with Crippen molar-refractivity contribution in [2.75, 3.05) is 4.72 Å². The Labute approximate surface area is 133 Å². The summed E-state index contributed by atoms with van der Waals surface area (Å²) in [6, 6.07) is 4.83. The fraction of sp³-hybridized carbons (Fsp3) is 0.308. The van der Waals surface area contributed by atoms with Crippen molar-refractivity contribution in [2.45, 2.75) is 31.7 Å². The van der Waals surface area contributed by atoms with Gasteiger partial charge in [0.25, 0.3) is 10.0 Å². The Kier molecular flexibility index (Phi) is 4.51. The first-order chi connectivity index (χ1) is 9.72. The maximum Gasteiger partial charge on any atom is 0.265 e. The zero-order valence-corrected chi connectivity index (χ0v) is 14.1. The summed E-state index contributed by atoms with van der Waals surface area (Å²) in [7, 11) is -3.77. The first-order valence-electron chi connectivity index (χ1n) is 6.25. The highest BCUT2D eigenvalue weighted by molar-refractivity contribution is 7.92. The lowest BCUT2D eigenvalue weighted by molar-refractivity contribution is 0.528. The summed E-state index contributed by atoms with van der Waals surface area (Å²) >= 11 is 11.9. The molecule has 0 spiro atoms. The van der Waals surface area contributed by atoms with Crippen molar-refractivity contribution in [3.8, 4) is 0 Å². The zero-order valence-electron chi connectivity index (χ0n) is 11.8. The number of hydrogen-bond donors (Lipinski definition) is 1. The summed E-state index contributed by atoms with van der Waals surface area (Å²) in [5.74, 6) is 0. The van der Waals surface area contributed by atoms with Crippen molar-refractivity contribution >= 4 is 38.9 Å². The quantitative estimate of drug-likeness (QED) is 0.912. The molecule has 1 aromatic heterocycles. The molecule has 0 atom stereocenters. The van der Waals surface area contributed by atoms with Gasteiger partial charge >= 0.3 is 0 Å². The van der Waals surface area contributed by atoms with E-state index >= 15 is 0 Å². The Morgan fingerprint density at radius 2 is 1.95 bits per heavy atom. The number of nitrogens with one attached hydrogen (secondary N) is 1. The lowest BCUT2D eigenvalue weighted by Gasteiger charge is -2.09. The third kappa shape index (κ3) is 3.33. The van der Waals surface area contributed by atoms with Crippen LogP contribution in [-0.2, 0) is 10.0 Å². The average molecular weight is 348 g/mol. The Morgan fingerprint density at radius 3 is 2.52 bits per heavy atom. The van der Waals surface area contributed by atoms with Crippen LogP contribution in [0.15, 0.2) is 29.3 Å². The predicted octanol–water partition coefficient (Wildman–Crippen LogP) is 3.88. The van der Waals surface area contributed by atoms with Crippen LogP contribution in [0.3, 0.4) is 0 Å². The molecule has 2 aromatic rings. The van der Waals surface area contributed by atoms with Gasteiger partial charge in [-0.25, -0.2) is 8.42 Å². The molecule has 8 heteroatoms. The van der Waals surface area contributed by atoms with Crippen LogP contribution in [0.1, 0.15) is 25.6 Å². The fourth-order valence-electron chi connectivity index (χ4n) is 1.78. The van der Waals surface area contributed by atoms with E-state index in [1.165, 1.54) is 6.20 Å². The maximum atomic E-state index is 12.5. The molecular weight excluding hydrogens is 333 g/mol. The monoisotopic (exact) mass is 347 g/mol. The van der Waals surface area contributed by atoms with Crippen LogP contribution in [0.25, 0.3) is 0 Å². The Hall–Kier alpha value is -1.24. The number of sulfonamides is 1. The van der Waals surface area contributed by atoms with Gasteiger partial charge in [0.05, 0.1) is 21.4 Å². The van der Waals surface area contributed by atoms with Gasteiger partial charge in [0, 0.05) is 12.2 Å². The lowest BCUT2D eigenvalue weighted by Crippen LogP contribution is -2.13. The summed E-state index contributed by atoms with van der Waals surface area (Å²) < 4.78 is 29.0. The summed E-state index contributed by atoms with van der Waals surface area (Å²) in [5, 5.41) is 4.64. The van der Waals surface area contributed by atoms with E-state index in [2.05, 4.69) is 9.82 Å². The number of anilines is 1. The predicted molar refractivity (Wildman–Crippen MR) is 84.6 cm³/mol. The van der Waals surface area contributed by atoms with Crippen LogP contribution in [0, 0.1) is 6.92 Å². The molecule has 0 aliphatic heterocycles. The van der Waals surface area contributed by atoms with E-state index in [0.717, 1.165) is 0 Å². The molecule has 0 unspecified atom stereocenters. The van der Waals surface area contributed by atoms with E-state index in [9.17, 15) is 8.42 Å². The van der Waals surface area contributed by atoms with Crippen LogP contribution in [0.5, 0.6) is 0 Å². The molecule has 0 fully saturated rings. The number of rotatable bonds is 4. The van der Waals surface area contributed by atoms with Crippen molar-refractivity contribution in [3.63, 3.8) is 0 Å². The highest BCUT2D eigenvalue weighted by atomic mass is 35.5. The second kappa shape index (κ2) is 5.87. The molecule has 0 saturated carbocycles. The SMILES string of the molecule is Cc1nn(C(C)C)cc1S(=O)(=O)Nc1cccc(Cl)c1Cl. The third-order valence-corrected chi connectivity index (χ3v) is 5.17. The van der Waals surface area contributed by atoms with Crippen LogP contribution < -0.4 is 4.72 Å². The minimum atomic E-state index is -3.77. The maximum absolute atomic E-state index is 12.5. The molecule has 0 aliphatic rings. The topological polar surface area (TPSA) is 64.0 Å². The highest BCUT2D eigenvalue weighted by Gasteiger charge is 2.22. The van der Waals surface area contributed by atoms with Gasteiger partial charge in [-0.2, -0.15) is 5.10 Å². The third-order valence-electron chi connectivity index (χ3n) is 2.89. The molecule has 0 radical (unpaired) electrons. The minimum Gasteiger partial charge on any atom is -0.278 e. The van der Waals surface area contributed by atoms with Crippen molar-refractivity contribution in [1.82, 2.24) is 9.78 Å². The normalized spacial score (nSPS) is 11.9. The van der Waals surface area contributed by atoms with Gasteiger partial charge in [-0.15, -0.1) is 0 Å². The van der Waals surface area contributed by atoms with Crippen molar-refractivity contribution in [3.05, 3.63) is 40.1 Å². The minimum absolute atomic E-state index is 0.0717. The second-order valence-electron chi connectivity index (χ2n) is 4.86. The molecule has 21 heavy (non-hydrogen) atoms. The van der Waals surface area contributed by atoms with Crippen molar-refractivity contribution in [1.29, 1.82) is 0 Å². The number of nitrogens with zero attached hydrogens (tertiary/aromatic N) is 2. The van der Waals surface area contributed by atoms with E-state index in [4.69, 9.17) is 23.2 Å². The van der Waals surface area contributed by atoms with E-state index < -0.39 is 10.0 Å². The van der Waals surface area contributed by atoms with Crippen molar-refractivity contribution in [2.24, 2.45) is 0 Å². The molecule has 0 aliphatic carbocycles. The summed E-state index contributed by atoms with van der Waals surface area (Å²) in [6.07, 6.45) is 1.50. The number of hydrogen-bond acceptors (Lipinski definition) is 3. The summed E-state index contributed by atoms with van der Waals surface area (Å²) in [5.41, 5.74) is 0.662. The Morgan fingerprint density at radius 1 is 1.29 bits per heavy atom. The Bertz CT molecular complexity index is 770. The van der Waals surface area contributed by atoms with Crippen LogP contribution in [0.4, 0.5) is 5.69 Å². The standard InChI is InChI=1S/C13H15Cl2N3O2S/c1-8(2)18-7-12(9(3)16-18)21(19,20)17-11-6-4-5-10(14)13(11)15/h4-8,17H,1-3H3. The summed E-state index contributed by atoms with van der Waals surface area (Å²) in [6.45, 7) is 5.49. The molecule has 114 valence electrons. The molecule has 0 amide bonds. The zero-order chi connectivity index (χ0) is 15.8. The van der Waals surface area contributed by atoms with Crippen LogP contribution in [-0.4, -0.2) is 18.2 Å².